The van der Waals surface area contributed by atoms with E-state index in [9.17, 15) is 29.2 Å². The first kappa shape index (κ1) is 26.8. The molecule has 3 rings (SSSR count). The van der Waals surface area contributed by atoms with E-state index in [1.165, 1.54) is 12.1 Å². The Balaban J connectivity index is 1.90. The van der Waals surface area contributed by atoms with E-state index in [-0.39, 0.29) is 5.75 Å². The summed E-state index contributed by atoms with van der Waals surface area (Å²) >= 11 is 0. The summed E-state index contributed by atoms with van der Waals surface area (Å²) in [6.45, 7) is 7.16. The van der Waals surface area contributed by atoms with Crippen molar-refractivity contribution >= 4 is 13.7 Å². The molecular formula is C24H34N3O10P. The maximum absolute atomic E-state index is 13.9. The van der Waals surface area contributed by atoms with E-state index in [1.54, 1.807) is 45.9 Å². The summed E-state index contributed by atoms with van der Waals surface area (Å²) in [6, 6.07) is 5.99. The van der Waals surface area contributed by atoms with Crippen LogP contribution in [0.25, 0.3) is 0 Å². The smallest absolute Gasteiger partial charge is 0.459 e. The third-order valence-electron chi connectivity index (χ3n) is 5.67. The van der Waals surface area contributed by atoms with Gasteiger partial charge in [-0.1, -0.05) is 32.0 Å². The molecule has 6 atom stereocenters. The van der Waals surface area contributed by atoms with Crippen LogP contribution < -0.4 is 20.9 Å². The molecule has 4 N–H and O–H groups in total. The van der Waals surface area contributed by atoms with Gasteiger partial charge in [-0.15, -0.1) is 0 Å². The molecule has 0 amide bonds. The molecular weight excluding hydrogens is 521 g/mol. The van der Waals surface area contributed by atoms with Crippen molar-refractivity contribution in [2.24, 2.45) is 5.92 Å². The first-order valence-corrected chi connectivity index (χ1v) is 13.5. The Hall–Kier alpha value is -2.80. The van der Waals surface area contributed by atoms with Crippen molar-refractivity contribution in [3.8, 4) is 5.75 Å². The molecule has 38 heavy (non-hydrogen) atoms. The topological polar surface area (TPSA) is 178 Å². The maximum Gasteiger partial charge on any atom is 0.459 e. The van der Waals surface area contributed by atoms with Crippen molar-refractivity contribution in [1.29, 1.82) is 0 Å². The number of esters is 1. The van der Waals surface area contributed by atoms with Crippen LogP contribution in [0.2, 0.25) is 0 Å². The van der Waals surface area contributed by atoms with Crippen LogP contribution in [0.15, 0.2) is 52.1 Å². The SMILES string of the molecule is [2H]c1c([2H])n([C@@H]2O[C@H](COP(=O)(NC(C(=O)OC(C)C)C(C)C)Oc3ccccc3)[C@@H](O)[C@@]2(C)O)c(=O)[nH]c1=O. The molecule has 2 heterocycles. The van der Waals surface area contributed by atoms with Crippen LogP contribution in [-0.2, 0) is 23.4 Å². The molecule has 13 nitrogen and oxygen atoms in total. The van der Waals surface area contributed by atoms with Crippen LogP contribution in [0, 0.1) is 5.92 Å². The summed E-state index contributed by atoms with van der Waals surface area (Å²) in [5, 5.41) is 24.4. The normalized spacial score (nSPS) is 26.5. The number of benzene rings is 1. The van der Waals surface area contributed by atoms with E-state index >= 15 is 0 Å². The molecule has 0 bridgehead atoms. The molecule has 1 aromatic heterocycles. The largest absolute Gasteiger partial charge is 0.462 e. The van der Waals surface area contributed by atoms with Crippen molar-refractivity contribution < 1.29 is 40.8 Å². The first-order chi connectivity index (χ1) is 18.6. The Morgan fingerprint density at radius 2 is 1.95 bits per heavy atom. The fourth-order valence-electron chi connectivity index (χ4n) is 3.70. The van der Waals surface area contributed by atoms with Crippen LogP contribution in [-0.4, -0.2) is 62.3 Å². The second-order valence-electron chi connectivity index (χ2n) is 9.60. The number of carbonyl (C=O) groups is 1. The molecule has 0 radical (unpaired) electrons. The number of nitrogens with one attached hydrogen (secondary N) is 2. The van der Waals surface area contributed by atoms with Gasteiger partial charge in [-0.25, -0.2) is 9.36 Å². The van der Waals surface area contributed by atoms with Crippen LogP contribution in [0.1, 0.15) is 43.6 Å². The van der Waals surface area contributed by atoms with Crippen LogP contribution >= 0.6 is 7.75 Å². The lowest BCUT2D eigenvalue weighted by molar-refractivity contribution is -0.150. The molecule has 0 saturated carbocycles. The second kappa shape index (κ2) is 11.9. The van der Waals surface area contributed by atoms with Crippen molar-refractivity contribution in [2.45, 2.75) is 70.8 Å². The number of carbonyl (C=O) groups excluding carboxylic acids is 1. The quantitative estimate of drug-likeness (QED) is 0.231. The Labute approximate surface area is 222 Å². The Bertz CT molecular complexity index is 1360. The van der Waals surface area contributed by atoms with Gasteiger partial charge in [0.1, 0.15) is 29.6 Å². The highest BCUT2D eigenvalue weighted by atomic mass is 31.2. The number of hydrogen-bond donors (Lipinski definition) is 4. The molecule has 0 aliphatic carbocycles. The molecule has 14 heteroatoms. The molecule has 1 aliphatic heterocycles. The lowest BCUT2D eigenvalue weighted by Crippen LogP contribution is -2.47. The molecule has 1 aliphatic rings. The molecule has 210 valence electrons. The van der Waals surface area contributed by atoms with Crippen LogP contribution in [0.5, 0.6) is 5.75 Å². The molecule has 2 aromatic rings. The number of hydrogen-bond acceptors (Lipinski definition) is 10. The van der Waals surface area contributed by atoms with Gasteiger partial charge < -0.3 is 24.2 Å². The molecule has 1 fully saturated rings. The number of para-hydroxylation sites is 1. The van der Waals surface area contributed by atoms with Gasteiger partial charge >= 0.3 is 19.4 Å². The highest BCUT2D eigenvalue weighted by molar-refractivity contribution is 7.52. The minimum Gasteiger partial charge on any atom is -0.462 e. The van der Waals surface area contributed by atoms with Gasteiger partial charge in [0, 0.05) is 12.2 Å². The zero-order valence-corrected chi connectivity index (χ0v) is 22.5. The number of ether oxygens (including phenoxy) is 2. The van der Waals surface area contributed by atoms with Crippen LogP contribution in [0.3, 0.4) is 0 Å². The average Bonchev–Trinajstić information content (AvgIpc) is 3.08. The standard InChI is InChI=1S/C24H34N3O10P/c1-14(2)19(21(30)35-15(3)4)26-38(33,37-16-9-7-6-8-10-16)34-13-17-20(29)24(5,32)22(36-17)27-12-11-18(28)25-23(27)31/h6-12,14-15,17,19-20,22,29,32H,13H2,1-5H3,(H,26,33)(H,25,28,31)/t17-,19?,20-,22-,24-,38?/m1/s1/i11D,12D. The fraction of sp³-hybridized carbons (Fsp3) is 0.542. The molecule has 2 unspecified atom stereocenters. The van der Waals surface area contributed by atoms with Crippen molar-refractivity contribution in [3.05, 3.63) is 63.4 Å². The maximum atomic E-state index is 13.9. The van der Waals surface area contributed by atoms with Crippen molar-refractivity contribution in [3.63, 3.8) is 0 Å². The minimum absolute atomic E-state index is 0.137. The first-order valence-electron chi connectivity index (χ1n) is 12.9. The Kier molecular flexibility index (Phi) is 8.42. The van der Waals surface area contributed by atoms with E-state index in [4.69, 9.17) is 21.3 Å². The summed E-state index contributed by atoms with van der Waals surface area (Å²) in [5.41, 5.74) is -4.46. The van der Waals surface area contributed by atoms with E-state index in [2.05, 4.69) is 5.09 Å². The number of aromatic amines is 1. The van der Waals surface area contributed by atoms with Gasteiger partial charge in [0.05, 0.1) is 15.5 Å². The second-order valence-corrected chi connectivity index (χ2v) is 11.3. The number of aliphatic hydroxyl groups is 2. The van der Waals surface area contributed by atoms with Gasteiger partial charge in [-0.3, -0.25) is 23.7 Å². The Morgan fingerprint density at radius 1 is 1.29 bits per heavy atom. The van der Waals surface area contributed by atoms with Gasteiger partial charge in [0.2, 0.25) is 0 Å². The van der Waals surface area contributed by atoms with E-state index in [0.29, 0.717) is 4.57 Å². The zero-order valence-electron chi connectivity index (χ0n) is 23.6. The third-order valence-corrected chi connectivity index (χ3v) is 7.20. The number of aromatic nitrogens is 2. The van der Waals surface area contributed by atoms with Gasteiger partial charge in [0.15, 0.2) is 6.23 Å². The third kappa shape index (κ3) is 6.99. The van der Waals surface area contributed by atoms with Gasteiger partial charge in [0.25, 0.3) is 5.56 Å². The summed E-state index contributed by atoms with van der Waals surface area (Å²) in [4.78, 5) is 38.7. The number of aliphatic hydroxyl groups excluding tert-OH is 1. The van der Waals surface area contributed by atoms with E-state index < -0.39 is 85.9 Å². The minimum atomic E-state index is -4.40. The molecule has 0 spiro atoms. The highest BCUT2D eigenvalue weighted by Gasteiger charge is 2.54. The molecule has 1 saturated heterocycles. The predicted octanol–water partition coefficient (Wildman–Crippen LogP) is 1.32. The summed E-state index contributed by atoms with van der Waals surface area (Å²) < 4.78 is 52.3. The molecule has 1 aromatic carbocycles. The van der Waals surface area contributed by atoms with Gasteiger partial charge in [-0.05, 0) is 38.8 Å². The fourth-order valence-corrected chi connectivity index (χ4v) is 5.37. The number of rotatable bonds is 11. The zero-order chi connectivity index (χ0) is 30.0. The number of nitrogens with zero attached hydrogens (tertiary/aromatic N) is 1. The summed E-state index contributed by atoms with van der Waals surface area (Å²) in [5.74, 6) is -0.975. The predicted molar refractivity (Wildman–Crippen MR) is 135 cm³/mol. The van der Waals surface area contributed by atoms with Crippen molar-refractivity contribution in [1.82, 2.24) is 14.6 Å². The monoisotopic (exact) mass is 557 g/mol. The van der Waals surface area contributed by atoms with Gasteiger partial charge in [-0.2, -0.15) is 5.09 Å². The lowest BCUT2D eigenvalue weighted by atomic mass is 9.96. The lowest BCUT2D eigenvalue weighted by Gasteiger charge is -2.28. The number of H-pyrrole nitrogens is 1. The summed E-state index contributed by atoms with van der Waals surface area (Å²) in [7, 11) is -4.40. The Morgan fingerprint density at radius 3 is 2.55 bits per heavy atom. The summed E-state index contributed by atoms with van der Waals surface area (Å²) in [6.07, 6.45) is -6.20. The van der Waals surface area contributed by atoms with E-state index in [1.807, 2.05) is 4.98 Å². The highest BCUT2D eigenvalue weighted by Crippen LogP contribution is 2.47. The van der Waals surface area contributed by atoms with Crippen LogP contribution in [0.4, 0.5) is 0 Å². The van der Waals surface area contributed by atoms with Crippen molar-refractivity contribution in [2.75, 3.05) is 6.61 Å². The average molecular weight is 558 g/mol. The van der Waals surface area contributed by atoms with E-state index in [0.717, 1.165) is 6.92 Å².